The maximum Gasteiger partial charge on any atom is 0.129 e. The predicted octanol–water partition coefficient (Wildman–Crippen LogP) is 5.62. The first-order chi connectivity index (χ1) is 9.43. The van der Waals surface area contributed by atoms with E-state index in [0.717, 1.165) is 20.1 Å². The molecular weight excluding hydrogens is 408 g/mol. The predicted molar refractivity (Wildman–Crippen MR) is 88.9 cm³/mol. The maximum atomic E-state index is 14.1. The van der Waals surface area contributed by atoms with Gasteiger partial charge in [0.05, 0.1) is 6.04 Å². The van der Waals surface area contributed by atoms with Crippen molar-refractivity contribution >= 4 is 43.5 Å². The fourth-order valence-electron chi connectivity index (χ4n) is 2.10. The van der Waals surface area contributed by atoms with E-state index in [2.05, 4.69) is 37.2 Å². The van der Waals surface area contributed by atoms with Crippen LogP contribution in [0.25, 0.3) is 0 Å². The molecule has 1 atom stereocenters. The van der Waals surface area contributed by atoms with Crippen molar-refractivity contribution < 1.29 is 4.39 Å². The van der Waals surface area contributed by atoms with Crippen molar-refractivity contribution in [2.24, 2.45) is 0 Å². The fourth-order valence-corrected chi connectivity index (χ4v) is 3.30. The van der Waals surface area contributed by atoms with Crippen molar-refractivity contribution in [3.05, 3.63) is 66.8 Å². The van der Waals surface area contributed by atoms with Gasteiger partial charge in [-0.2, -0.15) is 0 Å². The third-order valence-electron chi connectivity index (χ3n) is 3.15. The lowest BCUT2D eigenvalue weighted by Crippen LogP contribution is -2.19. The van der Waals surface area contributed by atoms with Gasteiger partial charge in [0, 0.05) is 19.5 Å². The summed E-state index contributed by atoms with van der Waals surface area (Å²) in [4.78, 5) is 0. The Hall–Kier alpha value is -0.420. The first kappa shape index (κ1) is 16.0. The molecule has 0 aromatic heterocycles. The van der Waals surface area contributed by atoms with Crippen LogP contribution < -0.4 is 5.32 Å². The molecule has 0 spiro atoms. The summed E-state index contributed by atoms with van der Waals surface area (Å²) in [5, 5.41) is 3.54. The van der Waals surface area contributed by atoms with Crippen LogP contribution >= 0.6 is 43.5 Å². The highest BCUT2D eigenvalue weighted by Gasteiger charge is 2.19. The average molecular weight is 422 g/mol. The summed E-state index contributed by atoms with van der Waals surface area (Å²) in [5.74, 6) is -0.319. The number of halogens is 4. The van der Waals surface area contributed by atoms with Crippen molar-refractivity contribution in [1.29, 1.82) is 0 Å². The molecular formula is C15H13Br2ClFN. The quantitative estimate of drug-likeness (QED) is 0.678. The molecule has 5 heteroatoms. The van der Waals surface area contributed by atoms with Crippen LogP contribution in [0, 0.1) is 12.7 Å². The first-order valence-electron chi connectivity index (χ1n) is 6.01. The molecule has 0 saturated carbocycles. The first-order valence-corrected chi connectivity index (χ1v) is 7.98. The monoisotopic (exact) mass is 419 g/mol. The molecule has 2 rings (SSSR count). The van der Waals surface area contributed by atoms with E-state index in [1.807, 2.05) is 19.1 Å². The zero-order valence-electron chi connectivity index (χ0n) is 11.0. The largest absolute Gasteiger partial charge is 0.309 e. The van der Waals surface area contributed by atoms with E-state index in [4.69, 9.17) is 11.6 Å². The molecule has 0 aliphatic heterocycles. The number of aryl methyl sites for hydroxylation is 1. The second-order valence-electron chi connectivity index (χ2n) is 4.51. The Balaban J connectivity index is 2.55. The Bertz CT molecular complexity index is 646. The Morgan fingerprint density at radius 2 is 1.80 bits per heavy atom. The molecule has 0 aliphatic rings. The molecule has 106 valence electrons. The summed E-state index contributed by atoms with van der Waals surface area (Å²) in [6, 6.07) is 8.49. The lowest BCUT2D eigenvalue weighted by molar-refractivity contribution is 0.575. The van der Waals surface area contributed by atoms with E-state index in [0.29, 0.717) is 10.6 Å². The van der Waals surface area contributed by atoms with E-state index >= 15 is 0 Å². The minimum atomic E-state index is -0.319. The van der Waals surface area contributed by atoms with Crippen LogP contribution in [0.15, 0.2) is 39.3 Å². The normalized spacial score (nSPS) is 12.5. The number of benzene rings is 2. The van der Waals surface area contributed by atoms with Crippen LogP contribution in [-0.4, -0.2) is 7.05 Å². The van der Waals surface area contributed by atoms with E-state index in [9.17, 15) is 4.39 Å². The molecule has 20 heavy (non-hydrogen) atoms. The van der Waals surface area contributed by atoms with Crippen molar-refractivity contribution in [3.63, 3.8) is 0 Å². The van der Waals surface area contributed by atoms with Crippen LogP contribution in [0.5, 0.6) is 0 Å². The van der Waals surface area contributed by atoms with Crippen LogP contribution in [0.4, 0.5) is 4.39 Å². The van der Waals surface area contributed by atoms with Crippen molar-refractivity contribution in [2.75, 3.05) is 7.05 Å². The maximum absolute atomic E-state index is 14.1. The summed E-state index contributed by atoms with van der Waals surface area (Å²) in [5.41, 5.74) is 2.65. The molecule has 0 heterocycles. The van der Waals surface area contributed by atoms with Crippen molar-refractivity contribution in [1.82, 2.24) is 5.32 Å². The smallest absolute Gasteiger partial charge is 0.129 e. The molecule has 0 amide bonds. The van der Waals surface area contributed by atoms with Gasteiger partial charge >= 0.3 is 0 Å². The molecule has 0 fully saturated rings. The Kier molecular flexibility index (Phi) is 5.24. The van der Waals surface area contributed by atoms with Gasteiger partial charge in [-0.05, 0) is 49.4 Å². The molecule has 0 aliphatic carbocycles. The number of rotatable bonds is 3. The van der Waals surface area contributed by atoms with E-state index in [1.54, 1.807) is 19.2 Å². The highest BCUT2D eigenvalue weighted by molar-refractivity contribution is 9.11. The second kappa shape index (κ2) is 6.56. The molecule has 2 aromatic carbocycles. The molecule has 1 nitrogen and oxygen atoms in total. The zero-order chi connectivity index (χ0) is 14.9. The average Bonchev–Trinajstić information content (AvgIpc) is 2.38. The minimum Gasteiger partial charge on any atom is -0.309 e. The van der Waals surface area contributed by atoms with Gasteiger partial charge in [0.15, 0.2) is 0 Å². The van der Waals surface area contributed by atoms with Gasteiger partial charge in [-0.1, -0.05) is 49.5 Å². The highest BCUT2D eigenvalue weighted by atomic mass is 79.9. The van der Waals surface area contributed by atoms with Crippen molar-refractivity contribution in [2.45, 2.75) is 13.0 Å². The van der Waals surface area contributed by atoms with Gasteiger partial charge in [-0.15, -0.1) is 0 Å². The number of hydrogen-bond donors (Lipinski definition) is 1. The Morgan fingerprint density at radius 3 is 2.40 bits per heavy atom. The SMILES string of the molecule is CNC(c1ccc(Cl)cc1F)c1cc(Br)c(C)cc1Br. The van der Waals surface area contributed by atoms with Crippen LogP contribution in [0.1, 0.15) is 22.7 Å². The Morgan fingerprint density at radius 1 is 1.10 bits per heavy atom. The van der Waals surface area contributed by atoms with Gasteiger partial charge in [-0.25, -0.2) is 4.39 Å². The summed E-state index contributed by atoms with van der Waals surface area (Å²) in [7, 11) is 1.80. The summed E-state index contributed by atoms with van der Waals surface area (Å²) in [6.07, 6.45) is 0. The highest BCUT2D eigenvalue weighted by Crippen LogP contribution is 2.34. The fraction of sp³-hybridized carbons (Fsp3) is 0.200. The van der Waals surface area contributed by atoms with Gasteiger partial charge in [0.25, 0.3) is 0 Å². The molecule has 1 unspecified atom stereocenters. The van der Waals surface area contributed by atoms with E-state index < -0.39 is 0 Å². The molecule has 0 radical (unpaired) electrons. The number of hydrogen-bond acceptors (Lipinski definition) is 1. The molecule has 1 N–H and O–H groups in total. The molecule has 0 bridgehead atoms. The third kappa shape index (κ3) is 3.25. The Labute approximate surface area is 139 Å². The molecule has 0 saturated heterocycles. The number of nitrogens with one attached hydrogen (secondary N) is 1. The van der Waals surface area contributed by atoms with Gasteiger partial charge in [0.1, 0.15) is 5.82 Å². The van der Waals surface area contributed by atoms with Crippen LogP contribution in [0.2, 0.25) is 5.02 Å². The molecule has 2 aromatic rings. The topological polar surface area (TPSA) is 12.0 Å². The zero-order valence-corrected chi connectivity index (χ0v) is 14.9. The second-order valence-corrected chi connectivity index (χ2v) is 6.66. The summed E-state index contributed by atoms with van der Waals surface area (Å²) in [6.45, 7) is 2.01. The van der Waals surface area contributed by atoms with Crippen LogP contribution in [-0.2, 0) is 0 Å². The van der Waals surface area contributed by atoms with Gasteiger partial charge < -0.3 is 5.32 Å². The van der Waals surface area contributed by atoms with E-state index in [1.165, 1.54) is 6.07 Å². The van der Waals surface area contributed by atoms with Crippen LogP contribution in [0.3, 0.4) is 0 Å². The lowest BCUT2D eigenvalue weighted by atomic mass is 9.97. The minimum absolute atomic E-state index is 0.251. The van der Waals surface area contributed by atoms with Gasteiger partial charge in [0.2, 0.25) is 0 Å². The third-order valence-corrected chi connectivity index (χ3v) is 4.93. The standard InChI is InChI=1S/C15H13Br2ClFN/c1-8-5-13(17)11(7-12(8)16)15(20-2)10-4-3-9(18)6-14(10)19/h3-7,15,20H,1-2H3. The summed E-state index contributed by atoms with van der Waals surface area (Å²) >= 11 is 12.9. The van der Waals surface area contributed by atoms with Gasteiger partial charge in [-0.3, -0.25) is 0 Å². The summed E-state index contributed by atoms with van der Waals surface area (Å²) < 4.78 is 16.1. The lowest BCUT2D eigenvalue weighted by Gasteiger charge is -2.20. The van der Waals surface area contributed by atoms with E-state index in [-0.39, 0.29) is 11.9 Å². The van der Waals surface area contributed by atoms with Crippen molar-refractivity contribution in [3.8, 4) is 0 Å².